The SMILES string of the molecule is CCC1(C)NC(=O)CN(CC2Cc3ccccc32)C1=O. The second-order valence-electron chi connectivity index (χ2n) is 6.02. The minimum Gasteiger partial charge on any atom is -0.340 e. The summed E-state index contributed by atoms with van der Waals surface area (Å²) >= 11 is 0. The summed E-state index contributed by atoms with van der Waals surface area (Å²) in [6, 6.07) is 8.33. The second kappa shape index (κ2) is 4.62. The molecule has 2 unspecified atom stereocenters. The van der Waals surface area contributed by atoms with E-state index in [-0.39, 0.29) is 18.4 Å². The zero-order valence-electron chi connectivity index (χ0n) is 12.0. The van der Waals surface area contributed by atoms with Crippen molar-refractivity contribution in [2.45, 2.75) is 38.1 Å². The molecule has 2 amide bonds. The van der Waals surface area contributed by atoms with Gasteiger partial charge in [0.15, 0.2) is 0 Å². The Morgan fingerprint density at radius 1 is 1.35 bits per heavy atom. The number of carbonyl (C=O) groups excluding carboxylic acids is 2. The van der Waals surface area contributed by atoms with E-state index >= 15 is 0 Å². The number of hydrogen-bond donors (Lipinski definition) is 1. The Morgan fingerprint density at radius 2 is 2.10 bits per heavy atom. The van der Waals surface area contributed by atoms with Crippen LogP contribution in [0.15, 0.2) is 24.3 Å². The van der Waals surface area contributed by atoms with Gasteiger partial charge in [0.1, 0.15) is 5.54 Å². The smallest absolute Gasteiger partial charge is 0.248 e. The quantitative estimate of drug-likeness (QED) is 0.905. The highest BCUT2D eigenvalue weighted by Crippen LogP contribution is 2.36. The molecule has 1 aliphatic heterocycles. The Labute approximate surface area is 119 Å². The summed E-state index contributed by atoms with van der Waals surface area (Å²) < 4.78 is 0. The van der Waals surface area contributed by atoms with E-state index in [0.29, 0.717) is 18.9 Å². The lowest BCUT2D eigenvalue weighted by molar-refractivity contribution is -0.149. The van der Waals surface area contributed by atoms with Gasteiger partial charge in [0.25, 0.3) is 0 Å². The Kier molecular flexibility index (Phi) is 3.04. The van der Waals surface area contributed by atoms with Crippen molar-refractivity contribution >= 4 is 11.8 Å². The van der Waals surface area contributed by atoms with E-state index in [4.69, 9.17) is 0 Å². The molecule has 20 heavy (non-hydrogen) atoms. The first-order valence-electron chi connectivity index (χ1n) is 7.21. The maximum Gasteiger partial charge on any atom is 0.248 e. The van der Waals surface area contributed by atoms with Crippen molar-refractivity contribution in [1.82, 2.24) is 10.2 Å². The maximum absolute atomic E-state index is 12.5. The molecule has 4 heteroatoms. The van der Waals surface area contributed by atoms with Crippen molar-refractivity contribution < 1.29 is 9.59 Å². The molecule has 4 nitrogen and oxygen atoms in total. The molecule has 0 saturated carbocycles. The summed E-state index contributed by atoms with van der Waals surface area (Å²) in [6.45, 7) is 4.58. The molecular weight excluding hydrogens is 252 g/mol. The van der Waals surface area contributed by atoms with Gasteiger partial charge >= 0.3 is 0 Å². The molecule has 0 radical (unpaired) electrons. The predicted molar refractivity (Wildman–Crippen MR) is 76.3 cm³/mol. The number of nitrogens with one attached hydrogen (secondary N) is 1. The zero-order valence-corrected chi connectivity index (χ0v) is 12.0. The fourth-order valence-corrected chi connectivity index (χ4v) is 3.17. The number of hydrogen-bond acceptors (Lipinski definition) is 2. The molecule has 0 aromatic heterocycles. The van der Waals surface area contributed by atoms with Crippen LogP contribution in [0.25, 0.3) is 0 Å². The summed E-state index contributed by atoms with van der Waals surface area (Å²) in [4.78, 5) is 26.1. The van der Waals surface area contributed by atoms with Crippen molar-refractivity contribution in [2.75, 3.05) is 13.1 Å². The fraction of sp³-hybridized carbons (Fsp3) is 0.500. The van der Waals surface area contributed by atoms with E-state index in [2.05, 4.69) is 17.4 Å². The molecule has 2 aliphatic rings. The molecule has 0 spiro atoms. The molecule has 3 rings (SSSR count). The monoisotopic (exact) mass is 272 g/mol. The van der Waals surface area contributed by atoms with Gasteiger partial charge in [-0.2, -0.15) is 0 Å². The van der Waals surface area contributed by atoms with Crippen LogP contribution in [0.1, 0.15) is 37.3 Å². The van der Waals surface area contributed by atoms with Gasteiger partial charge in [-0.1, -0.05) is 31.2 Å². The van der Waals surface area contributed by atoms with Crippen LogP contribution in [0.3, 0.4) is 0 Å². The lowest BCUT2D eigenvalue weighted by Crippen LogP contribution is -2.65. The molecule has 1 aromatic carbocycles. The van der Waals surface area contributed by atoms with Gasteiger partial charge in [0.2, 0.25) is 11.8 Å². The molecule has 1 fully saturated rings. The van der Waals surface area contributed by atoms with Gasteiger partial charge < -0.3 is 10.2 Å². The number of nitrogens with zero attached hydrogens (tertiary/aromatic N) is 1. The molecule has 1 aromatic rings. The van der Waals surface area contributed by atoms with Crippen LogP contribution in [-0.4, -0.2) is 35.3 Å². The predicted octanol–water partition coefficient (Wildman–Crippen LogP) is 1.45. The highest BCUT2D eigenvalue weighted by atomic mass is 16.2. The Bertz CT molecular complexity index is 569. The maximum atomic E-state index is 12.5. The summed E-state index contributed by atoms with van der Waals surface area (Å²) in [5.74, 6) is 0.368. The first kappa shape index (κ1) is 13.2. The average Bonchev–Trinajstić information content (AvgIpc) is 2.41. The third-order valence-electron chi connectivity index (χ3n) is 4.62. The zero-order chi connectivity index (χ0) is 14.3. The molecule has 0 bridgehead atoms. The number of carbonyl (C=O) groups is 2. The van der Waals surface area contributed by atoms with E-state index in [1.165, 1.54) is 11.1 Å². The van der Waals surface area contributed by atoms with Gasteiger partial charge in [0, 0.05) is 12.5 Å². The Morgan fingerprint density at radius 3 is 2.80 bits per heavy atom. The lowest BCUT2D eigenvalue weighted by Gasteiger charge is -2.42. The highest BCUT2D eigenvalue weighted by molar-refractivity contribution is 5.97. The third-order valence-corrected chi connectivity index (χ3v) is 4.62. The molecule has 106 valence electrons. The summed E-state index contributed by atoms with van der Waals surface area (Å²) in [6.07, 6.45) is 1.62. The number of amides is 2. The van der Waals surface area contributed by atoms with Crippen LogP contribution >= 0.6 is 0 Å². The van der Waals surface area contributed by atoms with Crippen molar-refractivity contribution in [3.63, 3.8) is 0 Å². The van der Waals surface area contributed by atoms with E-state index in [9.17, 15) is 9.59 Å². The first-order valence-corrected chi connectivity index (χ1v) is 7.21. The largest absolute Gasteiger partial charge is 0.340 e. The van der Waals surface area contributed by atoms with Gasteiger partial charge in [-0.05, 0) is 30.9 Å². The van der Waals surface area contributed by atoms with Gasteiger partial charge in [-0.15, -0.1) is 0 Å². The van der Waals surface area contributed by atoms with Crippen molar-refractivity contribution in [2.24, 2.45) is 0 Å². The molecular formula is C16H20N2O2. The van der Waals surface area contributed by atoms with Crippen LogP contribution in [-0.2, 0) is 16.0 Å². The van der Waals surface area contributed by atoms with Crippen molar-refractivity contribution in [3.05, 3.63) is 35.4 Å². The van der Waals surface area contributed by atoms with Crippen molar-refractivity contribution in [3.8, 4) is 0 Å². The van der Waals surface area contributed by atoms with E-state index in [1.54, 1.807) is 4.90 Å². The molecule has 1 N–H and O–H groups in total. The average molecular weight is 272 g/mol. The van der Waals surface area contributed by atoms with Gasteiger partial charge in [0.05, 0.1) is 6.54 Å². The minimum absolute atomic E-state index is 0.0454. The van der Waals surface area contributed by atoms with Gasteiger partial charge in [-0.3, -0.25) is 9.59 Å². The second-order valence-corrected chi connectivity index (χ2v) is 6.02. The standard InChI is InChI=1S/C16H20N2O2/c1-3-16(2)15(20)18(10-14(19)17-16)9-12-8-11-6-4-5-7-13(11)12/h4-7,12H,3,8-10H2,1-2H3,(H,17,19). The molecule has 1 heterocycles. The minimum atomic E-state index is -0.738. The van der Waals surface area contributed by atoms with Crippen LogP contribution in [0.4, 0.5) is 0 Å². The van der Waals surface area contributed by atoms with E-state index in [0.717, 1.165) is 6.42 Å². The van der Waals surface area contributed by atoms with E-state index < -0.39 is 5.54 Å². The number of fused-ring (bicyclic) bond motifs is 1. The summed E-state index contributed by atoms with van der Waals surface area (Å²) in [7, 11) is 0. The van der Waals surface area contributed by atoms with Crippen LogP contribution in [0, 0.1) is 0 Å². The normalized spacial score (nSPS) is 28.7. The van der Waals surface area contributed by atoms with Crippen LogP contribution in [0.2, 0.25) is 0 Å². The van der Waals surface area contributed by atoms with E-state index in [1.807, 2.05) is 26.0 Å². The highest BCUT2D eigenvalue weighted by Gasteiger charge is 2.42. The molecule has 1 saturated heterocycles. The van der Waals surface area contributed by atoms with Crippen molar-refractivity contribution in [1.29, 1.82) is 0 Å². The fourth-order valence-electron chi connectivity index (χ4n) is 3.17. The summed E-state index contributed by atoms with van der Waals surface area (Å²) in [5.41, 5.74) is 1.95. The summed E-state index contributed by atoms with van der Waals surface area (Å²) in [5, 5.41) is 2.82. The number of rotatable bonds is 3. The first-order chi connectivity index (χ1) is 9.53. The number of benzene rings is 1. The Balaban J connectivity index is 1.75. The van der Waals surface area contributed by atoms with Gasteiger partial charge in [-0.25, -0.2) is 0 Å². The number of piperazine rings is 1. The molecule has 1 aliphatic carbocycles. The lowest BCUT2D eigenvalue weighted by atomic mass is 9.77. The topological polar surface area (TPSA) is 49.4 Å². The van der Waals surface area contributed by atoms with Crippen LogP contribution in [0.5, 0.6) is 0 Å². The van der Waals surface area contributed by atoms with Crippen LogP contribution < -0.4 is 5.32 Å². The molecule has 2 atom stereocenters. The third kappa shape index (κ3) is 1.99. The Hall–Kier alpha value is -1.84.